The summed E-state index contributed by atoms with van der Waals surface area (Å²) < 4.78 is 4.97. The highest BCUT2D eigenvalue weighted by Crippen LogP contribution is 2.21. The maximum atomic E-state index is 12.2. The quantitative estimate of drug-likeness (QED) is 0.839. The van der Waals surface area contributed by atoms with Crippen molar-refractivity contribution < 1.29 is 14.6 Å². The highest BCUT2D eigenvalue weighted by atomic mass is 32.1. The van der Waals surface area contributed by atoms with Gasteiger partial charge in [-0.15, -0.1) is 11.3 Å². The maximum Gasteiger partial charge on any atom is 0.255 e. The highest BCUT2D eigenvalue weighted by Gasteiger charge is 2.18. The topological polar surface area (TPSA) is 49.8 Å². The molecule has 1 heterocycles. The van der Waals surface area contributed by atoms with Crippen LogP contribution in [0.5, 0.6) is 0 Å². The zero-order valence-corrected chi connectivity index (χ0v) is 11.3. The van der Waals surface area contributed by atoms with E-state index in [1.807, 2.05) is 19.9 Å². The normalized spacial score (nSPS) is 10.6. The van der Waals surface area contributed by atoms with Gasteiger partial charge in [-0.2, -0.15) is 0 Å². The Kier molecular flexibility index (Phi) is 5.61. The third-order valence-corrected chi connectivity index (χ3v) is 3.46. The van der Waals surface area contributed by atoms with E-state index in [1.54, 1.807) is 23.3 Å². The number of methoxy groups -OCH3 is 1. The van der Waals surface area contributed by atoms with Crippen molar-refractivity contribution in [2.24, 2.45) is 0 Å². The van der Waals surface area contributed by atoms with Gasteiger partial charge in [0.1, 0.15) is 0 Å². The van der Waals surface area contributed by atoms with Crippen LogP contribution in [-0.2, 0) is 4.74 Å². The number of ether oxygens (including phenoxy) is 1. The molecule has 0 atom stereocenters. The summed E-state index contributed by atoms with van der Waals surface area (Å²) in [7, 11) is 1.60. The van der Waals surface area contributed by atoms with Crippen LogP contribution in [0.3, 0.4) is 0 Å². The molecule has 0 aliphatic carbocycles. The second-order valence-electron chi connectivity index (χ2n) is 3.84. The molecule has 0 aliphatic rings. The molecule has 1 aromatic heterocycles. The first-order valence-electron chi connectivity index (χ1n) is 5.56. The van der Waals surface area contributed by atoms with Crippen LogP contribution in [0.15, 0.2) is 6.07 Å². The molecule has 0 saturated heterocycles. The molecule has 4 nitrogen and oxygen atoms in total. The third-order valence-electron chi connectivity index (χ3n) is 2.49. The lowest BCUT2D eigenvalue weighted by molar-refractivity contribution is 0.0656. The summed E-state index contributed by atoms with van der Waals surface area (Å²) >= 11 is 1.62. The summed E-state index contributed by atoms with van der Waals surface area (Å²) in [6.07, 6.45) is 0. The second-order valence-corrected chi connectivity index (χ2v) is 5.30. The predicted molar refractivity (Wildman–Crippen MR) is 68.7 cm³/mol. The van der Waals surface area contributed by atoms with Crippen molar-refractivity contribution in [2.75, 3.05) is 33.4 Å². The molecule has 0 fully saturated rings. The number of carbonyl (C=O) groups is 1. The average molecular weight is 257 g/mol. The number of aryl methyl sites for hydroxylation is 2. The Balaban J connectivity index is 2.79. The van der Waals surface area contributed by atoms with E-state index in [4.69, 9.17) is 9.84 Å². The highest BCUT2D eigenvalue weighted by molar-refractivity contribution is 7.12. The van der Waals surface area contributed by atoms with E-state index < -0.39 is 0 Å². The van der Waals surface area contributed by atoms with Gasteiger partial charge in [0, 0.05) is 30.0 Å². The Morgan fingerprint density at radius 3 is 2.65 bits per heavy atom. The molecule has 0 aliphatic heterocycles. The van der Waals surface area contributed by atoms with Crippen LogP contribution in [0.1, 0.15) is 20.1 Å². The van der Waals surface area contributed by atoms with Gasteiger partial charge in [-0.3, -0.25) is 4.79 Å². The molecule has 0 unspecified atom stereocenters. The number of carbonyl (C=O) groups excluding carboxylic acids is 1. The van der Waals surface area contributed by atoms with Crippen molar-refractivity contribution in [1.82, 2.24) is 4.90 Å². The molecule has 96 valence electrons. The van der Waals surface area contributed by atoms with Gasteiger partial charge in [-0.1, -0.05) is 0 Å². The Hall–Kier alpha value is -0.910. The first kappa shape index (κ1) is 14.2. The van der Waals surface area contributed by atoms with Crippen LogP contribution in [-0.4, -0.2) is 49.3 Å². The number of amides is 1. The molecular weight excluding hydrogens is 238 g/mol. The molecule has 1 rings (SSSR count). The number of thiophene rings is 1. The van der Waals surface area contributed by atoms with Crippen molar-refractivity contribution in [2.45, 2.75) is 13.8 Å². The summed E-state index contributed by atoms with van der Waals surface area (Å²) in [4.78, 5) is 16.0. The first-order chi connectivity index (χ1) is 8.10. The van der Waals surface area contributed by atoms with Gasteiger partial charge < -0.3 is 14.7 Å². The summed E-state index contributed by atoms with van der Waals surface area (Å²) in [5, 5.41) is 8.97. The van der Waals surface area contributed by atoms with Crippen molar-refractivity contribution in [1.29, 1.82) is 0 Å². The van der Waals surface area contributed by atoms with E-state index in [0.717, 1.165) is 15.3 Å². The third kappa shape index (κ3) is 3.80. The Labute approximate surface area is 106 Å². The number of hydrogen-bond acceptors (Lipinski definition) is 4. The zero-order valence-electron chi connectivity index (χ0n) is 10.5. The van der Waals surface area contributed by atoms with E-state index in [2.05, 4.69) is 0 Å². The maximum absolute atomic E-state index is 12.2. The minimum absolute atomic E-state index is 0.0297. The van der Waals surface area contributed by atoms with Gasteiger partial charge in [0.15, 0.2) is 0 Å². The largest absolute Gasteiger partial charge is 0.395 e. The number of rotatable bonds is 6. The molecule has 0 radical (unpaired) electrons. The Morgan fingerprint density at radius 2 is 2.18 bits per heavy atom. The van der Waals surface area contributed by atoms with Gasteiger partial charge in [0.05, 0.1) is 18.8 Å². The fourth-order valence-electron chi connectivity index (χ4n) is 1.65. The number of nitrogens with zero attached hydrogens (tertiary/aromatic N) is 1. The summed E-state index contributed by atoms with van der Waals surface area (Å²) in [6.45, 7) is 5.23. The lowest BCUT2D eigenvalue weighted by Gasteiger charge is -2.21. The molecular formula is C12H19NO3S. The summed E-state index contributed by atoms with van der Waals surface area (Å²) in [5.74, 6) is -0.0297. The van der Waals surface area contributed by atoms with E-state index in [9.17, 15) is 4.79 Å². The van der Waals surface area contributed by atoms with E-state index >= 15 is 0 Å². The smallest absolute Gasteiger partial charge is 0.255 e. The number of aliphatic hydroxyl groups is 1. The number of aliphatic hydroxyl groups excluding tert-OH is 1. The van der Waals surface area contributed by atoms with Crippen LogP contribution in [0, 0.1) is 13.8 Å². The summed E-state index contributed by atoms with van der Waals surface area (Å²) in [5.41, 5.74) is 0.733. The minimum atomic E-state index is -0.0301. The van der Waals surface area contributed by atoms with Crippen molar-refractivity contribution in [3.8, 4) is 0 Å². The van der Waals surface area contributed by atoms with Gasteiger partial charge in [0.2, 0.25) is 0 Å². The van der Waals surface area contributed by atoms with Gasteiger partial charge in [-0.25, -0.2) is 0 Å². The van der Waals surface area contributed by atoms with Gasteiger partial charge in [-0.05, 0) is 19.9 Å². The molecule has 1 amide bonds. The first-order valence-corrected chi connectivity index (χ1v) is 6.38. The number of hydrogen-bond donors (Lipinski definition) is 1. The monoisotopic (exact) mass is 257 g/mol. The Bertz CT molecular complexity index is 376. The van der Waals surface area contributed by atoms with E-state index in [0.29, 0.717) is 19.7 Å². The molecule has 0 aromatic carbocycles. The second kappa shape index (κ2) is 6.74. The van der Waals surface area contributed by atoms with Crippen LogP contribution in [0.4, 0.5) is 0 Å². The molecule has 0 bridgehead atoms. The SMILES string of the molecule is COCCN(CCO)C(=O)c1cc(C)sc1C. The van der Waals surface area contributed by atoms with Crippen LogP contribution < -0.4 is 0 Å². The van der Waals surface area contributed by atoms with Crippen molar-refractivity contribution >= 4 is 17.2 Å². The van der Waals surface area contributed by atoms with Crippen LogP contribution >= 0.6 is 11.3 Å². The fourth-order valence-corrected chi connectivity index (χ4v) is 2.57. The molecule has 0 spiro atoms. The lowest BCUT2D eigenvalue weighted by Crippen LogP contribution is -2.36. The predicted octanol–water partition coefficient (Wildman–Crippen LogP) is 1.45. The molecule has 5 heteroatoms. The lowest BCUT2D eigenvalue weighted by atomic mass is 10.2. The van der Waals surface area contributed by atoms with E-state index in [1.165, 1.54) is 0 Å². The zero-order chi connectivity index (χ0) is 12.8. The average Bonchev–Trinajstić information content (AvgIpc) is 2.63. The van der Waals surface area contributed by atoms with Gasteiger partial charge in [0.25, 0.3) is 5.91 Å². The van der Waals surface area contributed by atoms with Crippen molar-refractivity contribution in [3.63, 3.8) is 0 Å². The van der Waals surface area contributed by atoms with Crippen LogP contribution in [0.2, 0.25) is 0 Å². The molecule has 17 heavy (non-hydrogen) atoms. The fraction of sp³-hybridized carbons (Fsp3) is 0.583. The molecule has 1 aromatic rings. The van der Waals surface area contributed by atoms with Gasteiger partial charge >= 0.3 is 0 Å². The standard InChI is InChI=1S/C12H19NO3S/c1-9-8-11(10(2)17-9)12(15)13(4-6-14)5-7-16-3/h8,14H,4-7H2,1-3H3. The minimum Gasteiger partial charge on any atom is -0.395 e. The Morgan fingerprint density at radius 1 is 1.47 bits per heavy atom. The van der Waals surface area contributed by atoms with Crippen molar-refractivity contribution in [3.05, 3.63) is 21.4 Å². The van der Waals surface area contributed by atoms with Crippen LogP contribution in [0.25, 0.3) is 0 Å². The molecule has 1 N–H and O–H groups in total. The molecule has 0 saturated carbocycles. The van der Waals surface area contributed by atoms with E-state index in [-0.39, 0.29) is 12.5 Å². The summed E-state index contributed by atoms with van der Waals surface area (Å²) in [6, 6.07) is 1.90.